The fourth-order valence-corrected chi connectivity index (χ4v) is 3.22. The van der Waals surface area contributed by atoms with Gasteiger partial charge in [-0.2, -0.15) is 0 Å². The number of aromatic nitrogens is 2. The van der Waals surface area contributed by atoms with Gasteiger partial charge in [0.15, 0.2) is 0 Å². The molecular formula is C21H33N7O9. The number of carboxylic acids is 3. The van der Waals surface area contributed by atoms with Crippen molar-refractivity contribution >= 4 is 35.6 Å². The maximum absolute atomic E-state index is 13.0. The van der Waals surface area contributed by atoms with E-state index in [1.165, 1.54) is 12.5 Å². The van der Waals surface area contributed by atoms with E-state index in [2.05, 4.69) is 25.9 Å². The molecule has 206 valence electrons. The fraction of sp³-hybridized carbons (Fsp3) is 0.571. The van der Waals surface area contributed by atoms with Crippen LogP contribution in [0.4, 0.5) is 0 Å². The van der Waals surface area contributed by atoms with Gasteiger partial charge in [0.25, 0.3) is 0 Å². The number of carbonyl (C=O) groups is 6. The number of nitrogens with two attached hydrogens (primary N) is 2. The van der Waals surface area contributed by atoms with Crippen LogP contribution < -0.4 is 27.4 Å². The summed E-state index contributed by atoms with van der Waals surface area (Å²) in [5.74, 6) is -6.89. The lowest BCUT2D eigenvalue weighted by atomic mass is 10.0. The van der Waals surface area contributed by atoms with Crippen molar-refractivity contribution in [2.45, 2.75) is 69.1 Å². The summed E-state index contributed by atoms with van der Waals surface area (Å²) in [6, 6.07) is -5.54. The van der Waals surface area contributed by atoms with Gasteiger partial charge in [-0.05, 0) is 32.2 Å². The van der Waals surface area contributed by atoms with E-state index >= 15 is 0 Å². The predicted octanol–water partition coefficient (Wildman–Crippen LogP) is -2.71. The molecule has 1 rings (SSSR count). The molecule has 0 spiro atoms. The zero-order valence-electron chi connectivity index (χ0n) is 20.0. The Balaban J connectivity index is 2.99. The Labute approximate surface area is 211 Å². The Hall–Kier alpha value is -4.05. The first-order valence-corrected chi connectivity index (χ1v) is 11.4. The molecular weight excluding hydrogens is 494 g/mol. The molecule has 16 nitrogen and oxygen atoms in total. The van der Waals surface area contributed by atoms with Gasteiger partial charge < -0.3 is 47.7 Å². The standard InChI is InChI=1S/C21H33N7O9/c22-6-2-1-3-13(19(34)28-15(21(36)37)8-17(31)32)27-20(35)14(4-5-16(29)30)26-18(33)12(23)7-11-9-24-10-25-11/h9-10,12-15H,1-8,22-23H2,(H,24,25)(H,26,33)(H,27,35)(H,28,34)(H,29,30)(H,31,32)(H,36,37). The molecule has 1 aromatic rings. The van der Waals surface area contributed by atoms with Crippen LogP contribution >= 0.6 is 0 Å². The average molecular weight is 528 g/mol. The van der Waals surface area contributed by atoms with Crippen molar-refractivity contribution in [3.8, 4) is 0 Å². The van der Waals surface area contributed by atoms with Crippen molar-refractivity contribution in [2.24, 2.45) is 11.5 Å². The molecule has 4 atom stereocenters. The lowest BCUT2D eigenvalue weighted by molar-refractivity contribution is -0.147. The SMILES string of the molecule is NCCCCC(NC(=O)C(CCC(=O)O)NC(=O)C(N)Cc1cnc[nH]1)C(=O)NC(CC(=O)O)C(=O)O. The number of unbranched alkanes of at least 4 members (excludes halogenated alkanes) is 1. The number of nitrogens with zero attached hydrogens (tertiary/aromatic N) is 1. The van der Waals surface area contributed by atoms with Crippen molar-refractivity contribution < 1.29 is 44.1 Å². The number of hydrogen-bond acceptors (Lipinski definition) is 9. The van der Waals surface area contributed by atoms with Crippen LogP contribution in [0.1, 0.15) is 44.2 Å². The summed E-state index contributed by atoms with van der Waals surface area (Å²) in [4.78, 5) is 78.2. The first-order valence-electron chi connectivity index (χ1n) is 11.4. The van der Waals surface area contributed by atoms with Gasteiger partial charge in [-0.1, -0.05) is 0 Å². The molecule has 0 saturated carbocycles. The Morgan fingerprint density at radius 3 is 1.97 bits per heavy atom. The van der Waals surface area contributed by atoms with E-state index in [4.69, 9.17) is 21.7 Å². The number of rotatable bonds is 18. The maximum Gasteiger partial charge on any atom is 0.326 e. The number of aromatic amines is 1. The van der Waals surface area contributed by atoms with E-state index in [1.54, 1.807) is 0 Å². The van der Waals surface area contributed by atoms with Gasteiger partial charge in [0, 0.05) is 24.7 Å². The highest BCUT2D eigenvalue weighted by Crippen LogP contribution is 2.07. The quantitative estimate of drug-likeness (QED) is 0.0881. The Morgan fingerprint density at radius 1 is 0.865 bits per heavy atom. The number of carbonyl (C=O) groups excluding carboxylic acids is 3. The minimum atomic E-state index is -1.75. The van der Waals surface area contributed by atoms with Gasteiger partial charge in [0.2, 0.25) is 17.7 Å². The number of carboxylic acid groups (broad SMARTS) is 3. The highest BCUT2D eigenvalue weighted by Gasteiger charge is 2.31. The molecule has 0 radical (unpaired) electrons. The van der Waals surface area contributed by atoms with E-state index in [1.807, 2.05) is 0 Å². The molecule has 16 heteroatoms. The van der Waals surface area contributed by atoms with Crippen molar-refractivity contribution in [1.82, 2.24) is 25.9 Å². The summed E-state index contributed by atoms with van der Waals surface area (Å²) in [6.45, 7) is 0.282. The third kappa shape index (κ3) is 12.0. The molecule has 0 aliphatic heterocycles. The number of aliphatic carboxylic acids is 3. The highest BCUT2D eigenvalue weighted by molar-refractivity contribution is 5.94. The summed E-state index contributed by atoms with van der Waals surface area (Å²) in [7, 11) is 0. The molecule has 1 heterocycles. The predicted molar refractivity (Wildman–Crippen MR) is 126 cm³/mol. The Kier molecular flexibility index (Phi) is 13.3. The first-order chi connectivity index (χ1) is 17.4. The van der Waals surface area contributed by atoms with Crippen molar-refractivity contribution in [2.75, 3.05) is 6.54 Å². The molecule has 0 saturated heterocycles. The van der Waals surface area contributed by atoms with Crippen molar-refractivity contribution in [1.29, 1.82) is 0 Å². The van der Waals surface area contributed by atoms with Crippen LogP contribution in [-0.4, -0.2) is 91.6 Å². The molecule has 3 amide bonds. The highest BCUT2D eigenvalue weighted by atomic mass is 16.4. The molecule has 0 aliphatic rings. The number of hydrogen-bond donors (Lipinski definition) is 9. The van der Waals surface area contributed by atoms with E-state index < -0.39 is 72.6 Å². The minimum absolute atomic E-state index is 0.0210. The summed E-state index contributed by atoms with van der Waals surface area (Å²) in [5, 5.41) is 34.0. The molecule has 4 unspecified atom stereocenters. The van der Waals surface area contributed by atoms with Crippen LogP contribution in [0.3, 0.4) is 0 Å². The second-order valence-electron chi connectivity index (χ2n) is 8.22. The number of amides is 3. The van der Waals surface area contributed by atoms with Crippen LogP contribution in [0.2, 0.25) is 0 Å². The minimum Gasteiger partial charge on any atom is -0.481 e. The van der Waals surface area contributed by atoms with Crippen LogP contribution in [0.15, 0.2) is 12.5 Å². The Morgan fingerprint density at radius 2 is 1.46 bits per heavy atom. The summed E-state index contributed by atoms with van der Waals surface area (Å²) in [5.41, 5.74) is 11.9. The zero-order chi connectivity index (χ0) is 28.0. The zero-order valence-corrected chi connectivity index (χ0v) is 20.0. The van der Waals surface area contributed by atoms with Crippen LogP contribution in [0, 0.1) is 0 Å². The van der Waals surface area contributed by atoms with Crippen molar-refractivity contribution in [3.05, 3.63) is 18.2 Å². The Bertz CT molecular complexity index is 939. The van der Waals surface area contributed by atoms with Gasteiger partial charge >= 0.3 is 17.9 Å². The first kappa shape index (κ1) is 31.0. The molecule has 37 heavy (non-hydrogen) atoms. The van der Waals surface area contributed by atoms with Crippen LogP contribution in [0.5, 0.6) is 0 Å². The van der Waals surface area contributed by atoms with Crippen molar-refractivity contribution in [3.63, 3.8) is 0 Å². The smallest absolute Gasteiger partial charge is 0.326 e. The maximum atomic E-state index is 13.0. The summed E-state index contributed by atoms with van der Waals surface area (Å²) in [6.07, 6.45) is 2.05. The largest absolute Gasteiger partial charge is 0.481 e. The van der Waals surface area contributed by atoms with E-state index in [0.717, 1.165) is 0 Å². The molecule has 11 N–H and O–H groups in total. The van der Waals surface area contributed by atoms with Gasteiger partial charge in [-0.15, -0.1) is 0 Å². The third-order valence-corrected chi connectivity index (χ3v) is 5.18. The normalized spacial score (nSPS) is 14.0. The van der Waals surface area contributed by atoms with Gasteiger partial charge in [-0.3, -0.25) is 24.0 Å². The topological polar surface area (TPSA) is 280 Å². The number of H-pyrrole nitrogens is 1. The molecule has 1 aromatic heterocycles. The van der Waals surface area contributed by atoms with Gasteiger partial charge in [0.05, 0.1) is 18.8 Å². The summed E-state index contributed by atoms with van der Waals surface area (Å²) >= 11 is 0. The van der Waals surface area contributed by atoms with Crippen LogP contribution in [0.25, 0.3) is 0 Å². The second kappa shape index (κ2) is 15.8. The molecule has 0 aliphatic carbocycles. The van der Waals surface area contributed by atoms with E-state index in [9.17, 15) is 33.9 Å². The van der Waals surface area contributed by atoms with Crippen LogP contribution in [-0.2, 0) is 35.2 Å². The average Bonchev–Trinajstić information content (AvgIpc) is 3.32. The molecule has 0 aromatic carbocycles. The fourth-order valence-electron chi connectivity index (χ4n) is 3.22. The third-order valence-electron chi connectivity index (χ3n) is 5.18. The lowest BCUT2D eigenvalue weighted by Gasteiger charge is -2.25. The summed E-state index contributed by atoms with van der Waals surface area (Å²) < 4.78 is 0. The number of nitrogens with one attached hydrogen (secondary N) is 4. The van der Waals surface area contributed by atoms with Gasteiger partial charge in [-0.25, -0.2) is 9.78 Å². The van der Waals surface area contributed by atoms with Gasteiger partial charge in [0.1, 0.15) is 18.1 Å². The van der Waals surface area contributed by atoms with E-state index in [0.29, 0.717) is 18.5 Å². The number of imidazole rings is 1. The molecule has 0 bridgehead atoms. The monoisotopic (exact) mass is 527 g/mol. The second-order valence-corrected chi connectivity index (χ2v) is 8.22. The molecule has 0 fully saturated rings. The van der Waals surface area contributed by atoms with E-state index in [-0.39, 0.29) is 25.8 Å². The lowest BCUT2D eigenvalue weighted by Crippen LogP contribution is -2.57.